The zero-order chi connectivity index (χ0) is 12.9. The van der Waals surface area contributed by atoms with Crippen LogP contribution in [0.25, 0.3) is 0 Å². The normalized spacial score (nSPS) is 18.3. The van der Waals surface area contributed by atoms with Gasteiger partial charge in [-0.25, -0.2) is 0 Å². The lowest BCUT2D eigenvalue weighted by Gasteiger charge is -2.28. The maximum atomic E-state index is 12.0. The van der Waals surface area contributed by atoms with Gasteiger partial charge in [0.25, 0.3) is 0 Å². The number of hydrogen-bond acceptors (Lipinski definition) is 3. The molecule has 17 heavy (non-hydrogen) atoms. The van der Waals surface area contributed by atoms with Gasteiger partial charge >= 0.3 is 0 Å². The lowest BCUT2D eigenvalue weighted by atomic mass is 10.1. The Bertz CT molecular complexity index is 240. The van der Waals surface area contributed by atoms with E-state index in [0.29, 0.717) is 13.1 Å². The Hall–Kier alpha value is -0.610. The summed E-state index contributed by atoms with van der Waals surface area (Å²) in [6, 6.07) is 0. The minimum Gasteiger partial charge on any atom is -0.389 e. The van der Waals surface area contributed by atoms with Crippen LogP contribution in [0.1, 0.15) is 39.5 Å². The summed E-state index contributed by atoms with van der Waals surface area (Å²) in [5, 5.41) is 9.69. The molecule has 1 fully saturated rings. The van der Waals surface area contributed by atoms with Crippen LogP contribution in [-0.2, 0) is 4.79 Å². The quantitative estimate of drug-likeness (QED) is 0.802. The van der Waals surface area contributed by atoms with Crippen molar-refractivity contribution in [2.75, 3.05) is 33.2 Å². The molecule has 1 N–H and O–H groups in total. The van der Waals surface area contributed by atoms with Gasteiger partial charge in [-0.2, -0.15) is 0 Å². The van der Waals surface area contributed by atoms with Crippen LogP contribution in [0.2, 0.25) is 0 Å². The number of carbonyl (C=O) groups excluding carboxylic acids is 1. The third-order valence-electron chi connectivity index (χ3n) is 3.02. The van der Waals surface area contributed by atoms with Gasteiger partial charge in [0, 0.05) is 19.6 Å². The molecule has 4 heteroatoms. The monoisotopic (exact) mass is 242 g/mol. The average Bonchev–Trinajstić information content (AvgIpc) is 2.41. The second-order valence-electron chi connectivity index (χ2n) is 5.78. The zero-order valence-corrected chi connectivity index (χ0v) is 11.4. The molecule has 0 aliphatic carbocycles. The largest absolute Gasteiger partial charge is 0.389 e. The van der Waals surface area contributed by atoms with Gasteiger partial charge in [-0.3, -0.25) is 9.69 Å². The second kappa shape index (κ2) is 6.36. The van der Waals surface area contributed by atoms with Crippen molar-refractivity contribution in [3.8, 4) is 0 Å². The summed E-state index contributed by atoms with van der Waals surface area (Å²) in [6.07, 6.45) is 4.73. The maximum absolute atomic E-state index is 12.0. The minimum atomic E-state index is -0.742. The molecule has 0 unspecified atom stereocenters. The molecular formula is C13H26N2O2. The number of rotatable bonds is 4. The summed E-state index contributed by atoms with van der Waals surface area (Å²) in [5.41, 5.74) is -0.742. The number of likely N-dealkylation sites (tertiary alicyclic amines) is 1. The third kappa shape index (κ3) is 6.03. The maximum Gasteiger partial charge on any atom is 0.236 e. The number of amides is 1. The summed E-state index contributed by atoms with van der Waals surface area (Å²) in [6.45, 7) is 6.25. The van der Waals surface area contributed by atoms with Crippen LogP contribution < -0.4 is 0 Å². The third-order valence-corrected chi connectivity index (χ3v) is 3.02. The molecule has 0 aromatic rings. The molecular weight excluding hydrogens is 216 g/mol. The first-order valence-corrected chi connectivity index (χ1v) is 6.57. The van der Waals surface area contributed by atoms with E-state index in [1.54, 1.807) is 13.8 Å². The Balaban J connectivity index is 2.36. The standard InChI is InChI=1S/C13H26N2O2/c1-13(2,17)11-14(3)10-12(16)15-8-6-4-5-7-9-15/h17H,4-11H2,1-3H3. The van der Waals surface area contributed by atoms with Crippen molar-refractivity contribution in [1.82, 2.24) is 9.80 Å². The summed E-state index contributed by atoms with van der Waals surface area (Å²) >= 11 is 0. The average molecular weight is 242 g/mol. The summed E-state index contributed by atoms with van der Waals surface area (Å²) in [5.74, 6) is 0.193. The molecule has 0 radical (unpaired) electrons. The van der Waals surface area contributed by atoms with Gasteiger partial charge in [-0.15, -0.1) is 0 Å². The van der Waals surface area contributed by atoms with Crippen molar-refractivity contribution in [2.45, 2.75) is 45.1 Å². The first-order valence-electron chi connectivity index (χ1n) is 6.57. The van der Waals surface area contributed by atoms with E-state index >= 15 is 0 Å². The molecule has 4 nitrogen and oxygen atoms in total. The van der Waals surface area contributed by atoms with Crippen LogP contribution in [0, 0.1) is 0 Å². The van der Waals surface area contributed by atoms with Crippen molar-refractivity contribution < 1.29 is 9.90 Å². The fourth-order valence-corrected chi connectivity index (χ4v) is 2.37. The van der Waals surface area contributed by atoms with E-state index < -0.39 is 5.60 Å². The van der Waals surface area contributed by atoms with Crippen LogP contribution in [-0.4, -0.2) is 59.6 Å². The number of hydrogen-bond donors (Lipinski definition) is 1. The molecule has 0 saturated carbocycles. The van der Waals surface area contributed by atoms with Crippen LogP contribution >= 0.6 is 0 Å². The van der Waals surface area contributed by atoms with Crippen molar-refractivity contribution in [3.63, 3.8) is 0 Å². The smallest absolute Gasteiger partial charge is 0.236 e. The van der Waals surface area contributed by atoms with Gasteiger partial charge in [0.05, 0.1) is 12.1 Å². The number of nitrogens with zero attached hydrogens (tertiary/aromatic N) is 2. The minimum absolute atomic E-state index is 0.193. The Morgan fingerprint density at radius 3 is 2.24 bits per heavy atom. The van der Waals surface area contributed by atoms with Crippen molar-refractivity contribution in [2.24, 2.45) is 0 Å². The van der Waals surface area contributed by atoms with Crippen LogP contribution in [0.3, 0.4) is 0 Å². The fraction of sp³-hybridized carbons (Fsp3) is 0.923. The van der Waals surface area contributed by atoms with Crippen LogP contribution in [0.5, 0.6) is 0 Å². The highest BCUT2D eigenvalue weighted by Crippen LogP contribution is 2.10. The molecule has 1 aliphatic rings. The van der Waals surface area contributed by atoms with E-state index in [0.717, 1.165) is 25.9 Å². The molecule has 100 valence electrons. The highest BCUT2D eigenvalue weighted by molar-refractivity contribution is 5.78. The number of likely N-dealkylation sites (N-methyl/N-ethyl adjacent to an activating group) is 1. The predicted molar refractivity (Wildman–Crippen MR) is 68.8 cm³/mol. The SMILES string of the molecule is CN(CC(=O)N1CCCCCC1)CC(C)(C)O. The van der Waals surface area contributed by atoms with Gasteiger partial charge in [0.2, 0.25) is 5.91 Å². The predicted octanol–water partition coefficient (Wildman–Crippen LogP) is 1.09. The van der Waals surface area contributed by atoms with E-state index in [1.165, 1.54) is 12.8 Å². The van der Waals surface area contributed by atoms with Gasteiger partial charge in [-0.1, -0.05) is 12.8 Å². The lowest BCUT2D eigenvalue weighted by molar-refractivity contribution is -0.132. The first-order chi connectivity index (χ1) is 7.88. The Kier molecular flexibility index (Phi) is 5.40. The molecule has 1 amide bonds. The molecule has 1 heterocycles. The summed E-state index contributed by atoms with van der Waals surface area (Å²) in [4.78, 5) is 15.9. The Morgan fingerprint density at radius 2 is 1.76 bits per heavy atom. The van der Waals surface area contributed by atoms with Crippen LogP contribution in [0.4, 0.5) is 0 Å². The summed E-state index contributed by atoms with van der Waals surface area (Å²) in [7, 11) is 1.88. The molecule has 0 aromatic heterocycles. The first kappa shape index (κ1) is 14.5. The van der Waals surface area contributed by atoms with E-state index in [1.807, 2.05) is 16.8 Å². The lowest BCUT2D eigenvalue weighted by Crippen LogP contribution is -2.43. The van der Waals surface area contributed by atoms with Gasteiger partial charge < -0.3 is 10.0 Å². The number of carbonyl (C=O) groups is 1. The van der Waals surface area contributed by atoms with Crippen LogP contribution in [0.15, 0.2) is 0 Å². The van der Waals surface area contributed by atoms with Gasteiger partial charge in [-0.05, 0) is 33.7 Å². The zero-order valence-electron chi connectivity index (χ0n) is 11.4. The van der Waals surface area contributed by atoms with Gasteiger partial charge in [0.15, 0.2) is 0 Å². The second-order valence-corrected chi connectivity index (χ2v) is 5.78. The van der Waals surface area contributed by atoms with E-state index in [2.05, 4.69) is 0 Å². The Labute approximate surface area is 105 Å². The van der Waals surface area contributed by atoms with E-state index in [9.17, 15) is 9.90 Å². The topological polar surface area (TPSA) is 43.8 Å². The molecule has 0 aromatic carbocycles. The van der Waals surface area contributed by atoms with Crippen molar-refractivity contribution >= 4 is 5.91 Å². The fourth-order valence-electron chi connectivity index (χ4n) is 2.37. The molecule has 0 atom stereocenters. The van der Waals surface area contributed by atoms with E-state index in [-0.39, 0.29) is 5.91 Å². The van der Waals surface area contributed by atoms with Crippen molar-refractivity contribution in [1.29, 1.82) is 0 Å². The van der Waals surface area contributed by atoms with E-state index in [4.69, 9.17) is 0 Å². The number of aliphatic hydroxyl groups is 1. The molecule has 0 bridgehead atoms. The molecule has 1 rings (SSSR count). The van der Waals surface area contributed by atoms with Crippen molar-refractivity contribution in [3.05, 3.63) is 0 Å². The molecule has 1 aliphatic heterocycles. The highest BCUT2D eigenvalue weighted by Gasteiger charge is 2.20. The molecule has 0 spiro atoms. The highest BCUT2D eigenvalue weighted by atomic mass is 16.3. The Morgan fingerprint density at radius 1 is 1.24 bits per heavy atom. The molecule has 1 saturated heterocycles. The summed E-state index contributed by atoms with van der Waals surface area (Å²) < 4.78 is 0. The van der Waals surface area contributed by atoms with Gasteiger partial charge in [0.1, 0.15) is 0 Å².